The standard InChI is InChI=1S/C16H26N4O/c1-4-18-15-11-17-6-5-14(15)16(21)20-9-7-19(8-10-20)12-13(2)3/h5-6,11,13,18H,4,7-10,12H2,1-3H3. The Labute approximate surface area is 127 Å². The second-order valence-corrected chi connectivity index (χ2v) is 5.94. The van der Waals surface area contributed by atoms with Crippen molar-refractivity contribution in [3.8, 4) is 0 Å². The fourth-order valence-corrected chi connectivity index (χ4v) is 2.73. The number of piperazine rings is 1. The molecule has 116 valence electrons. The van der Waals surface area contributed by atoms with Gasteiger partial charge in [-0.2, -0.15) is 0 Å². The Hall–Kier alpha value is -1.62. The van der Waals surface area contributed by atoms with Crippen LogP contribution in [0, 0.1) is 5.92 Å². The molecule has 2 heterocycles. The summed E-state index contributed by atoms with van der Waals surface area (Å²) >= 11 is 0. The van der Waals surface area contributed by atoms with Crippen molar-refractivity contribution < 1.29 is 4.79 Å². The highest BCUT2D eigenvalue weighted by molar-refractivity contribution is 5.99. The molecule has 1 saturated heterocycles. The second-order valence-electron chi connectivity index (χ2n) is 5.94. The number of hydrogen-bond donors (Lipinski definition) is 1. The molecule has 2 rings (SSSR count). The molecule has 0 aliphatic carbocycles. The van der Waals surface area contributed by atoms with E-state index in [0.29, 0.717) is 5.92 Å². The summed E-state index contributed by atoms with van der Waals surface area (Å²) in [5, 5.41) is 3.21. The van der Waals surface area contributed by atoms with Crippen LogP contribution in [0.2, 0.25) is 0 Å². The summed E-state index contributed by atoms with van der Waals surface area (Å²) in [4.78, 5) is 21.1. The Balaban J connectivity index is 1.99. The van der Waals surface area contributed by atoms with Gasteiger partial charge in [0.25, 0.3) is 5.91 Å². The zero-order valence-electron chi connectivity index (χ0n) is 13.3. The number of nitrogens with zero attached hydrogens (tertiary/aromatic N) is 3. The molecule has 0 bridgehead atoms. The third kappa shape index (κ3) is 4.17. The molecule has 1 aromatic rings. The normalized spacial score (nSPS) is 16.3. The molecule has 0 spiro atoms. The van der Waals surface area contributed by atoms with Gasteiger partial charge in [0.15, 0.2) is 0 Å². The van der Waals surface area contributed by atoms with Gasteiger partial charge >= 0.3 is 0 Å². The van der Waals surface area contributed by atoms with E-state index in [-0.39, 0.29) is 5.91 Å². The maximum atomic E-state index is 12.7. The van der Waals surface area contributed by atoms with E-state index in [0.717, 1.165) is 50.5 Å². The molecule has 1 aliphatic heterocycles. The molecular formula is C16H26N4O. The molecule has 5 nitrogen and oxygen atoms in total. The first-order chi connectivity index (χ1) is 10.1. The van der Waals surface area contributed by atoms with Gasteiger partial charge in [-0.15, -0.1) is 0 Å². The van der Waals surface area contributed by atoms with E-state index in [1.165, 1.54) is 0 Å². The summed E-state index contributed by atoms with van der Waals surface area (Å²) in [7, 11) is 0. The Morgan fingerprint density at radius 2 is 2.05 bits per heavy atom. The van der Waals surface area contributed by atoms with Crippen molar-refractivity contribution in [2.24, 2.45) is 5.92 Å². The van der Waals surface area contributed by atoms with Crippen molar-refractivity contribution in [2.45, 2.75) is 20.8 Å². The first kappa shape index (κ1) is 15.8. The maximum absolute atomic E-state index is 12.7. The molecule has 21 heavy (non-hydrogen) atoms. The monoisotopic (exact) mass is 290 g/mol. The highest BCUT2D eigenvalue weighted by Gasteiger charge is 2.23. The number of aromatic nitrogens is 1. The third-order valence-electron chi connectivity index (χ3n) is 3.70. The van der Waals surface area contributed by atoms with Crippen molar-refractivity contribution in [3.05, 3.63) is 24.0 Å². The maximum Gasteiger partial charge on any atom is 0.256 e. The lowest BCUT2D eigenvalue weighted by Gasteiger charge is -2.35. The van der Waals surface area contributed by atoms with E-state index in [1.54, 1.807) is 18.5 Å². The molecule has 0 aromatic carbocycles. The molecule has 5 heteroatoms. The number of hydrogen-bond acceptors (Lipinski definition) is 4. The summed E-state index contributed by atoms with van der Waals surface area (Å²) in [6.45, 7) is 11.9. The molecule has 1 aliphatic rings. The molecule has 0 radical (unpaired) electrons. The lowest BCUT2D eigenvalue weighted by molar-refractivity contribution is 0.0624. The van der Waals surface area contributed by atoms with Crippen LogP contribution in [0.3, 0.4) is 0 Å². The summed E-state index contributed by atoms with van der Waals surface area (Å²) in [6.07, 6.45) is 3.41. The molecule has 0 saturated carbocycles. The zero-order chi connectivity index (χ0) is 15.2. The highest BCUT2D eigenvalue weighted by Crippen LogP contribution is 2.17. The summed E-state index contributed by atoms with van der Waals surface area (Å²) < 4.78 is 0. The van der Waals surface area contributed by atoms with Crippen LogP contribution in [0.1, 0.15) is 31.1 Å². The van der Waals surface area contributed by atoms with Gasteiger partial charge in [0, 0.05) is 45.5 Å². The van der Waals surface area contributed by atoms with Crippen LogP contribution in [0.4, 0.5) is 5.69 Å². The second kappa shape index (κ2) is 7.41. The lowest BCUT2D eigenvalue weighted by atomic mass is 10.1. The number of amides is 1. The SMILES string of the molecule is CCNc1cnccc1C(=O)N1CCN(CC(C)C)CC1. The number of carbonyl (C=O) groups excluding carboxylic acids is 1. The van der Waals surface area contributed by atoms with E-state index in [2.05, 4.69) is 29.0 Å². The quantitative estimate of drug-likeness (QED) is 0.900. The van der Waals surface area contributed by atoms with Gasteiger partial charge in [-0.1, -0.05) is 13.8 Å². The minimum Gasteiger partial charge on any atom is -0.383 e. The summed E-state index contributed by atoms with van der Waals surface area (Å²) in [6, 6.07) is 1.81. The van der Waals surface area contributed by atoms with Gasteiger partial charge in [-0.05, 0) is 18.9 Å². The Kier molecular flexibility index (Phi) is 5.56. The van der Waals surface area contributed by atoms with Crippen LogP contribution in [0.25, 0.3) is 0 Å². The average Bonchev–Trinajstić information content (AvgIpc) is 2.48. The van der Waals surface area contributed by atoms with Crippen LogP contribution >= 0.6 is 0 Å². The van der Waals surface area contributed by atoms with Gasteiger partial charge in [-0.25, -0.2) is 0 Å². The van der Waals surface area contributed by atoms with Crippen molar-refractivity contribution >= 4 is 11.6 Å². The lowest BCUT2D eigenvalue weighted by Crippen LogP contribution is -2.49. The van der Waals surface area contributed by atoms with Crippen LogP contribution in [-0.4, -0.2) is 60.0 Å². The van der Waals surface area contributed by atoms with Gasteiger partial charge in [-0.3, -0.25) is 14.7 Å². The first-order valence-electron chi connectivity index (χ1n) is 7.81. The Bertz CT molecular complexity index is 467. The van der Waals surface area contributed by atoms with Crippen molar-refractivity contribution in [3.63, 3.8) is 0 Å². The molecule has 0 unspecified atom stereocenters. The molecule has 1 aromatic heterocycles. The van der Waals surface area contributed by atoms with E-state index in [9.17, 15) is 4.79 Å². The van der Waals surface area contributed by atoms with E-state index in [4.69, 9.17) is 0 Å². The van der Waals surface area contributed by atoms with Gasteiger partial charge in [0.05, 0.1) is 17.4 Å². The Morgan fingerprint density at radius 1 is 1.33 bits per heavy atom. The third-order valence-corrected chi connectivity index (χ3v) is 3.70. The van der Waals surface area contributed by atoms with Crippen molar-refractivity contribution in [2.75, 3.05) is 44.6 Å². The number of anilines is 1. The predicted molar refractivity (Wildman–Crippen MR) is 85.6 cm³/mol. The first-order valence-corrected chi connectivity index (χ1v) is 7.81. The fourth-order valence-electron chi connectivity index (χ4n) is 2.73. The molecule has 1 N–H and O–H groups in total. The van der Waals surface area contributed by atoms with Gasteiger partial charge < -0.3 is 10.2 Å². The zero-order valence-corrected chi connectivity index (χ0v) is 13.3. The minimum absolute atomic E-state index is 0.109. The summed E-state index contributed by atoms with van der Waals surface area (Å²) in [5.41, 5.74) is 1.55. The molecule has 0 atom stereocenters. The van der Waals surface area contributed by atoms with Gasteiger partial charge in [0.2, 0.25) is 0 Å². The van der Waals surface area contributed by atoms with Crippen LogP contribution in [-0.2, 0) is 0 Å². The molecule has 1 fully saturated rings. The summed E-state index contributed by atoms with van der Waals surface area (Å²) in [5.74, 6) is 0.783. The molecular weight excluding hydrogens is 264 g/mol. The van der Waals surface area contributed by atoms with E-state index < -0.39 is 0 Å². The van der Waals surface area contributed by atoms with Crippen LogP contribution < -0.4 is 5.32 Å². The number of carbonyl (C=O) groups is 1. The van der Waals surface area contributed by atoms with Crippen molar-refractivity contribution in [1.29, 1.82) is 0 Å². The number of nitrogens with one attached hydrogen (secondary N) is 1. The highest BCUT2D eigenvalue weighted by atomic mass is 16.2. The number of pyridine rings is 1. The smallest absolute Gasteiger partial charge is 0.256 e. The van der Waals surface area contributed by atoms with E-state index in [1.807, 2.05) is 11.8 Å². The number of rotatable bonds is 5. The van der Waals surface area contributed by atoms with Gasteiger partial charge in [0.1, 0.15) is 0 Å². The van der Waals surface area contributed by atoms with E-state index >= 15 is 0 Å². The molecule has 1 amide bonds. The van der Waals surface area contributed by atoms with Crippen LogP contribution in [0.5, 0.6) is 0 Å². The van der Waals surface area contributed by atoms with Crippen molar-refractivity contribution in [1.82, 2.24) is 14.8 Å². The average molecular weight is 290 g/mol. The van der Waals surface area contributed by atoms with Crippen LogP contribution in [0.15, 0.2) is 18.5 Å². The Morgan fingerprint density at radius 3 is 2.67 bits per heavy atom. The fraction of sp³-hybridized carbons (Fsp3) is 0.625. The predicted octanol–water partition coefficient (Wildman–Crippen LogP) is 1.93. The topological polar surface area (TPSA) is 48.5 Å². The minimum atomic E-state index is 0.109. The largest absolute Gasteiger partial charge is 0.383 e.